The van der Waals surface area contributed by atoms with Gasteiger partial charge < -0.3 is 10.0 Å². The van der Waals surface area contributed by atoms with Crippen molar-refractivity contribution in [1.29, 1.82) is 0 Å². The highest BCUT2D eigenvalue weighted by Gasteiger charge is 2.20. The summed E-state index contributed by atoms with van der Waals surface area (Å²) in [6.07, 6.45) is -0.0292. The molecule has 1 aromatic carbocycles. The van der Waals surface area contributed by atoms with E-state index in [0.29, 0.717) is 23.1 Å². The molecule has 1 atom stereocenters. The minimum Gasteiger partial charge on any atom is -0.481 e. The topological polar surface area (TPSA) is 57.6 Å². The number of aliphatic carboxylic acids is 1. The second-order valence-electron chi connectivity index (χ2n) is 4.75. The van der Waals surface area contributed by atoms with E-state index in [2.05, 4.69) is 0 Å². The van der Waals surface area contributed by atoms with Gasteiger partial charge in [0.05, 0.1) is 12.2 Å². The van der Waals surface area contributed by atoms with Gasteiger partial charge in [0.2, 0.25) is 5.91 Å². The van der Waals surface area contributed by atoms with E-state index in [-0.39, 0.29) is 18.4 Å². The fourth-order valence-corrected chi connectivity index (χ4v) is 3.13. The van der Waals surface area contributed by atoms with Crippen molar-refractivity contribution in [3.63, 3.8) is 0 Å². The summed E-state index contributed by atoms with van der Waals surface area (Å²) in [5, 5.41) is 9.49. The second kappa shape index (κ2) is 8.95. The molecule has 1 amide bonds. The molecule has 1 N–H and O–H groups in total. The number of carboxylic acid groups (broad SMARTS) is 1. The number of halogens is 1. The summed E-state index contributed by atoms with van der Waals surface area (Å²) in [6, 6.07) is 7.25. The van der Waals surface area contributed by atoms with Gasteiger partial charge in [0.1, 0.15) is 0 Å². The van der Waals surface area contributed by atoms with Gasteiger partial charge in [-0.3, -0.25) is 9.59 Å². The summed E-state index contributed by atoms with van der Waals surface area (Å²) in [5.74, 6) is 0.125. The molecule has 1 unspecified atom stereocenters. The zero-order chi connectivity index (χ0) is 15.8. The fourth-order valence-electron chi connectivity index (χ4n) is 2.06. The third kappa shape index (κ3) is 6.40. The van der Waals surface area contributed by atoms with Crippen molar-refractivity contribution >= 4 is 35.2 Å². The Morgan fingerprint density at radius 3 is 2.71 bits per heavy atom. The minimum absolute atomic E-state index is 0.0292. The monoisotopic (exact) mass is 329 g/mol. The molecule has 6 heteroatoms. The number of nitrogens with zero attached hydrogens (tertiary/aromatic N) is 1. The van der Waals surface area contributed by atoms with Gasteiger partial charge in [0.15, 0.2) is 0 Å². The highest BCUT2D eigenvalue weighted by molar-refractivity contribution is 7.99. The SMILES string of the molecule is CCN(C(=O)CSCc1cccc(Cl)c1)C(C)CC(=O)O. The van der Waals surface area contributed by atoms with Crippen LogP contribution >= 0.6 is 23.4 Å². The molecular formula is C15H20ClNO3S. The maximum absolute atomic E-state index is 12.1. The summed E-state index contributed by atoms with van der Waals surface area (Å²) in [7, 11) is 0. The molecule has 116 valence electrons. The quantitative estimate of drug-likeness (QED) is 0.795. The molecule has 0 saturated carbocycles. The van der Waals surface area contributed by atoms with Gasteiger partial charge in [-0.05, 0) is 31.5 Å². The normalized spacial score (nSPS) is 12.0. The molecule has 1 aromatic rings. The lowest BCUT2D eigenvalue weighted by Gasteiger charge is -2.27. The average Bonchev–Trinajstić information content (AvgIpc) is 2.38. The van der Waals surface area contributed by atoms with Gasteiger partial charge in [0, 0.05) is 23.4 Å². The Kier molecular flexibility index (Phi) is 7.61. The molecule has 0 heterocycles. The van der Waals surface area contributed by atoms with Gasteiger partial charge in [-0.2, -0.15) is 0 Å². The van der Waals surface area contributed by atoms with E-state index in [9.17, 15) is 9.59 Å². The molecule has 0 radical (unpaired) electrons. The Morgan fingerprint density at radius 1 is 1.43 bits per heavy atom. The molecule has 0 aliphatic heterocycles. The van der Waals surface area contributed by atoms with Crippen LogP contribution in [0.15, 0.2) is 24.3 Å². The van der Waals surface area contributed by atoms with Crippen LogP contribution in [0.4, 0.5) is 0 Å². The summed E-state index contributed by atoms with van der Waals surface area (Å²) in [6.45, 7) is 4.14. The predicted molar refractivity (Wildman–Crippen MR) is 86.7 cm³/mol. The van der Waals surface area contributed by atoms with Crippen LogP contribution in [0, 0.1) is 0 Å². The van der Waals surface area contributed by atoms with Crippen LogP contribution < -0.4 is 0 Å². The first kappa shape index (κ1) is 17.9. The molecule has 0 aliphatic rings. The first-order valence-electron chi connectivity index (χ1n) is 6.77. The van der Waals surface area contributed by atoms with Crippen LogP contribution in [0.5, 0.6) is 0 Å². The summed E-state index contributed by atoms with van der Waals surface area (Å²) < 4.78 is 0. The lowest BCUT2D eigenvalue weighted by molar-refractivity contribution is -0.139. The van der Waals surface area contributed by atoms with E-state index in [4.69, 9.17) is 16.7 Å². The third-order valence-corrected chi connectivity index (χ3v) is 4.27. The maximum atomic E-state index is 12.1. The number of thioether (sulfide) groups is 1. The lowest BCUT2D eigenvalue weighted by atomic mass is 10.2. The maximum Gasteiger partial charge on any atom is 0.305 e. The van der Waals surface area contributed by atoms with E-state index in [1.807, 2.05) is 31.2 Å². The van der Waals surface area contributed by atoms with Crippen LogP contribution in [0.2, 0.25) is 5.02 Å². The number of carbonyl (C=O) groups is 2. The zero-order valence-electron chi connectivity index (χ0n) is 12.2. The second-order valence-corrected chi connectivity index (χ2v) is 6.17. The highest BCUT2D eigenvalue weighted by Crippen LogP contribution is 2.17. The largest absolute Gasteiger partial charge is 0.481 e. The van der Waals surface area contributed by atoms with Gasteiger partial charge in [-0.25, -0.2) is 0 Å². The van der Waals surface area contributed by atoms with Crippen molar-refractivity contribution < 1.29 is 14.7 Å². The molecule has 0 aliphatic carbocycles. The van der Waals surface area contributed by atoms with Crippen molar-refractivity contribution in [2.45, 2.75) is 32.1 Å². The van der Waals surface area contributed by atoms with E-state index < -0.39 is 5.97 Å². The van der Waals surface area contributed by atoms with Gasteiger partial charge in [0.25, 0.3) is 0 Å². The Labute approximate surface area is 134 Å². The summed E-state index contributed by atoms with van der Waals surface area (Å²) in [4.78, 5) is 24.5. The van der Waals surface area contributed by atoms with E-state index >= 15 is 0 Å². The van der Waals surface area contributed by atoms with Crippen molar-refractivity contribution in [3.8, 4) is 0 Å². The number of carbonyl (C=O) groups excluding carboxylic acids is 1. The standard InChI is InChI=1S/C15H20ClNO3S/c1-3-17(11(2)7-15(19)20)14(18)10-21-9-12-5-4-6-13(16)8-12/h4-6,8,11H,3,7,9-10H2,1-2H3,(H,19,20). The average molecular weight is 330 g/mol. The number of hydrogen-bond acceptors (Lipinski definition) is 3. The van der Waals surface area contributed by atoms with Crippen LogP contribution in [0.25, 0.3) is 0 Å². The van der Waals surface area contributed by atoms with Crippen molar-refractivity contribution in [2.24, 2.45) is 0 Å². The lowest BCUT2D eigenvalue weighted by Crippen LogP contribution is -2.40. The Balaban J connectivity index is 2.45. The van der Waals surface area contributed by atoms with Crippen LogP contribution in [0.3, 0.4) is 0 Å². The highest BCUT2D eigenvalue weighted by atomic mass is 35.5. The zero-order valence-corrected chi connectivity index (χ0v) is 13.8. The van der Waals surface area contributed by atoms with Crippen molar-refractivity contribution in [3.05, 3.63) is 34.9 Å². The molecule has 0 spiro atoms. The number of carboxylic acids is 1. The molecule has 4 nitrogen and oxygen atoms in total. The smallest absolute Gasteiger partial charge is 0.305 e. The predicted octanol–water partition coefficient (Wildman–Crippen LogP) is 3.28. The molecule has 0 saturated heterocycles. The van der Waals surface area contributed by atoms with E-state index in [1.54, 1.807) is 11.8 Å². The Morgan fingerprint density at radius 2 is 2.14 bits per heavy atom. The molecule has 21 heavy (non-hydrogen) atoms. The van der Waals surface area contributed by atoms with Crippen LogP contribution in [0.1, 0.15) is 25.8 Å². The number of benzene rings is 1. The molecule has 0 bridgehead atoms. The summed E-state index contributed by atoms with van der Waals surface area (Å²) >= 11 is 7.42. The molecule has 0 aromatic heterocycles. The summed E-state index contributed by atoms with van der Waals surface area (Å²) in [5.41, 5.74) is 1.07. The number of hydrogen-bond donors (Lipinski definition) is 1. The van der Waals surface area contributed by atoms with Crippen molar-refractivity contribution in [1.82, 2.24) is 4.90 Å². The Bertz CT molecular complexity index is 496. The van der Waals surface area contributed by atoms with Crippen LogP contribution in [-0.2, 0) is 15.3 Å². The van der Waals surface area contributed by atoms with Gasteiger partial charge >= 0.3 is 5.97 Å². The van der Waals surface area contributed by atoms with Gasteiger partial charge in [-0.1, -0.05) is 23.7 Å². The Hall–Kier alpha value is -1.20. The fraction of sp³-hybridized carbons (Fsp3) is 0.467. The molecule has 1 rings (SSSR count). The van der Waals surface area contributed by atoms with Gasteiger partial charge in [-0.15, -0.1) is 11.8 Å². The van der Waals surface area contributed by atoms with Crippen LogP contribution in [-0.4, -0.2) is 40.2 Å². The van der Waals surface area contributed by atoms with E-state index in [0.717, 1.165) is 5.56 Å². The first-order chi connectivity index (χ1) is 9.93. The van der Waals surface area contributed by atoms with E-state index in [1.165, 1.54) is 11.8 Å². The molecule has 0 fully saturated rings. The minimum atomic E-state index is -0.889. The first-order valence-corrected chi connectivity index (χ1v) is 8.30. The molecular weight excluding hydrogens is 310 g/mol. The van der Waals surface area contributed by atoms with Crippen molar-refractivity contribution in [2.75, 3.05) is 12.3 Å². The third-order valence-electron chi connectivity index (χ3n) is 3.05. The number of rotatable bonds is 8. The number of amides is 1.